The molecule has 2 N–H and O–H groups in total. The van der Waals surface area contributed by atoms with Gasteiger partial charge in [-0.2, -0.15) is 0 Å². The monoisotopic (exact) mass is 406 g/mol. The van der Waals surface area contributed by atoms with Crippen LogP contribution in [0.25, 0.3) is 10.9 Å². The SMILES string of the molecule is Cc1[nH]c2ccccc2c1SCCNc1ncc([N+](=O)[O-])cc1Br. The van der Waals surface area contributed by atoms with Crippen LogP contribution in [0.4, 0.5) is 11.5 Å². The first kappa shape index (κ1) is 16.8. The van der Waals surface area contributed by atoms with Gasteiger partial charge in [-0.1, -0.05) is 18.2 Å². The number of benzene rings is 1. The summed E-state index contributed by atoms with van der Waals surface area (Å²) in [6.07, 6.45) is 1.25. The minimum Gasteiger partial charge on any atom is -0.368 e. The highest BCUT2D eigenvalue weighted by molar-refractivity contribution is 9.10. The van der Waals surface area contributed by atoms with Crippen LogP contribution >= 0.6 is 27.7 Å². The van der Waals surface area contributed by atoms with E-state index in [2.05, 4.69) is 50.3 Å². The van der Waals surface area contributed by atoms with Crippen LogP contribution in [-0.2, 0) is 0 Å². The highest BCUT2D eigenvalue weighted by Gasteiger charge is 2.11. The summed E-state index contributed by atoms with van der Waals surface area (Å²) in [6, 6.07) is 9.69. The fourth-order valence-corrected chi connectivity index (χ4v) is 3.90. The molecule has 0 aliphatic carbocycles. The first-order valence-electron chi connectivity index (χ1n) is 7.30. The number of nitro groups is 1. The topological polar surface area (TPSA) is 83.8 Å². The summed E-state index contributed by atoms with van der Waals surface area (Å²) in [5.41, 5.74) is 2.28. The molecular formula is C16H15BrN4O2S. The van der Waals surface area contributed by atoms with Crippen molar-refractivity contribution in [2.24, 2.45) is 0 Å². The molecule has 1 aromatic carbocycles. The van der Waals surface area contributed by atoms with Gasteiger partial charge in [-0.3, -0.25) is 10.1 Å². The molecule has 3 rings (SSSR count). The van der Waals surface area contributed by atoms with Gasteiger partial charge in [0.05, 0.1) is 9.40 Å². The summed E-state index contributed by atoms with van der Waals surface area (Å²) in [4.78, 5) is 19.0. The summed E-state index contributed by atoms with van der Waals surface area (Å²) in [7, 11) is 0. The molecule has 3 aromatic rings. The predicted molar refractivity (Wildman–Crippen MR) is 101 cm³/mol. The Morgan fingerprint density at radius 2 is 2.21 bits per heavy atom. The van der Waals surface area contributed by atoms with E-state index in [0.717, 1.165) is 17.0 Å². The Kier molecular flexibility index (Phi) is 5.06. The average molecular weight is 407 g/mol. The van der Waals surface area contributed by atoms with Gasteiger partial charge in [0.25, 0.3) is 5.69 Å². The fourth-order valence-electron chi connectivity index (χ4n) is 2.42. The van der Waals surface area contributed by atoms with Crippen molar-refractivity contribution in [1.82, 2.24) is 9.97 Å². The third-order valence-electron chi connectivity index (χ3n) is 3.51. The van der Waals surface area contributed by atoms with Crippen molar-refractivity contribution >= 4 is 50.1 Å². The van der Waals surface area contributed by atoms with Crippen molar-refractivity contribution < 1.29 is 4.92 Å². The summed E-state index contributed by atoms with van der Waals surface area (Å²) in [6.45, 7) is 2.78. The molecule has 6 nitrogen and oxygen atoms in total. The van der Waals surface area contributed by atoms with Crippen LogP contribution in [0, 0.1) is 17.0 Å². The number of para-hydroxylation sites is 1. The molecule has 0 aliphatic heterocycles. The van der Waals surface area contributed by atoms with Crippen molar-refractivity contribution in [3.8, 4) is 0 Å². The third kappa shape index (κ3) is 3.54. The van der Waals surface area contributed by atoms with Crippen LogP contribution in [0.3, 0.4) is 0 Å². The van der Waals surface area contributed by atoms with Gasteiger partial charge in [0, 0.05) is 39.9 Å². The number of anilines is 1. The number of pyridine rings is 1. The first-order valence-corrected chi connectivity index (χ1v) is 9.08. The number of nitrogens with one attached hydrogen (secondary N) is 2. The van der Waals surface area contributed by atoms with E-state index in [1.165, 1.54) is 22.5 Å². The lowest BCUT2D eigenvalue weighted by molar-refractivity contribution is -0.385. The average Bonchev–Trinajstić information content (AvgIpc) is 2.88. The van der Waals surface area contributed by atoms with Crippen molar-refractivity contribution in [3.63, 3.8) is 0 Å². The van der Waals surface area contributed by atoms with E-state index < -0.39 is 4.92 Å². The minimum absolute atomic E-state index is 0.0313. The van der Waals surface area contributed by atoms with Gasteiger partial charge in [0.2, 0.25) is 0 Å². The highest BCUT2D eigenvalue weighted by Crippen LogP contribution is 2.31. The number of nitrogens with zero attached hydrogens (tertiary/aromatic N) is 2. The number of halogens is 1. The number of aryl methyl sites for hydroxylation is 1. The van der Waals surface area contributed by atoms with Crippen LogP contribution in [0.15, 0.2) is 45.9 Å². The van der Waals surface area contributed by atoms with E-state index in [9.17, 15) is 10.1 Å². The van der Waals surface area contributed by atoms with E-state index in [-0.39, 0.29) is 5.69 Å². The summed E-state index contributed by atoms with van der Waals surface area (Å²) < 4.78 is 0.588. The van der Waals surface area contributed by atoms with Gasteiger partial charge < -0.3 is 10.3 Å². The Bertz CT molecular complexity index is 897. The second-order valence-corrected chi connectivity index (χ2v) is 7.14. The number of aromatic amines is 1. The Morgan fingerprint density at radius 1 is 1.42 bits per heavy atom. The molecule has 124 valence electrons. The minimum atomic E-state index is -0.461. The Balaban J connectivity index is 1.61. The second kappa shape index (κ2) is 7.23. The van der Waals surface area contributed by atoms with Gasteiger partial charge in [-0.25, -0.2) is 4.98 Å². The van der Waals surface area contributed by atoms with E-state index in [0.29, 0.717) is 16.8 Å². The number of thioether (sulfide) groups is 1. The van der Waals surface area contributed by atoms with E-state index in [1.54, 1.807) is 11.8 Å². The number of aromatic nitrogens is 2. The van der Waals surface area contributed by atoms with Crippen LogP contribution in [-0.4, -0.2) is 27.2 Å². The maximum Gasteiger partial charge on any atom is 0.288 e. The van der Waals surface area contributed by atoms with E-state index >= 15 is 0 Å². The summed E-state index contributed by atoms with van der Waals surface area (Å²) in [5, 5.41) is 15.1. The molecule has 2 aromatic heterocycles. The van der Waals surface area contributed by atoms with Crippen LogP contribution in [0.1, 0.15) is 5.69 Å². The molecule has 0 radical (unpaired) electrons. The van der Waals surface area contributed by atoms with Gasteiger partial charge in [0.1, 0.15) is 12.0 Å². The maximum absolute atomic E-state index is 10.7. The zero-order valence-electron chi connectivity index (χ0n) is 12.9. The number of hydrogen-bond donors (Lipinski definition) is 2. The zero-order valence-corrected chi connectivity index (χ0v) is 15.3. The normalized spacial score (nSPS) is 10.9. The van der Waals surface area contributed by atoms with Crippen molar-refractivity contribution in [3.05, 3.63) is 56.8 Å². The molecule has 2 heterocycles. The number of H-pyrrole nitrogens is 1. The lowest BCUT2D eigenvalue weighted by atomic mass is 10.2. The predicted octanol–water partition coefficient (Wildman–Crippen LogP) is 4.75. The largest absolute Gasteiger partial charge is 0.368 e. The quantitative estimate of drug-likeness (QED) is 0.267. The molecule has 0 amide bonds. The molecule has 0 unspecified atom stereocenters. The number of hydrogen-bond acceptors (Lipinski definition) is 5. The van der Waals surface area contributed by atoms with Gasteiger partial charge in [0.15, 0.2) is 0 Å². The van der Waals surface area contributed by atoms with Crippen molar-refractivity contribution in [1.29, 1.82) is 0 Å². The van der Waals surface area contributed by atoms with Crippen LogP contribution in [0.5, 0.6) is 0 Å². The summed E-state index contributed by atoms with van der Waals surface area (Å²) in [5.74, 6) is 1.46. The number of fused-ring (bicyclic) bond motifs is 1. The third-order valence-corrected chi connectivity index (χ3v) is 5.34. The second-order valence-electron chi connectivity index (χ2n) is 5.18. The summed E-state index contributed by atoms with van der Waals surface area (Å²) >= 11 is 5.08. The molecule has 0 aliphatic rings. The highest BCUT2D eigenvalue weighted by atomic mass is 79.9. The molecule has 0 saturated heterocycles. The molecule has 0 saturated carbocycles. The van der Waals surface area contributed by atoms with E-state index in [4.69, 9.17) is 0 Å². The molecular weight excluding hydrogens is 392 g/mol. The first-order chi connectivity index (χ1) is 11.6. The molecule has 0 atom stereocenters. The molecule has 0 bridgehead atoms. The number of rotatable bonds is 6. The van der Waals surface area contributed by atoms with Crippen molar-refractivity contribution in [2.75, 3.05) is 17.6 Å². The lowest BCUT2D eigenvalue weighted by Crippen LogP contribution is -2.06. The van der Waals surface area contributed by atoms with E-state index in [1.807, 2.05) is 12.1 Å². The fraction of sp³-hybridized carbons (Fsp3) is 0.188. The standard InChI is InChI=1S/C16H15BrN4O2S/c1-10-15(12-4-2-3-5-14(12)20-10)24-7-6-18-16-13(17)8-11(9-19-16)21(22)23/h2-5,8-9,20H,6-7H2,1H3,(H,18,19). The van der Waals surface area contributed by atoms with Crippen molar-refractivity contribution in [2.45, 2.75) is 11.8 Å². The van der Waals surface area contributed by atoms with Gasteiger partial charge in [-0.15, -0.1) is 11.8 Å². The molecule has 0 fully saturated rings. The Hall–Kier alpha value is -2.06. The van der Waals surface area contributed by atoms with Gasteiger partial charge >= 0.3 is 0 Å². The zero-order chi connectivity index (χ0) is 17.1. The molecule has 0 spiro atoms. The Labute approximate surface area is 151 Å². The smallest absolute Gasteiger partial charge is 0.288 e. The Morgan fingerprint density at radius 3 is 2.96 bits per heavy atom. The lowest BCUT2D eigenvalue weighted by Gasteiger charge is -2.07. The molecule has 8 heteroatoms. The maximum atomic E-state index is 10.7. The van der Waals surface area contributed by atoms with Crippen LogP contribution < -0.4 is 5.32 Å². The van der Waals surface area contributed by atoms with Gasteiger partial charge in [-0.05, 0) is 28.9 Å². The van der Waals surface area contributed by atoms with Crippen LogP contribution in [0.2, 0.25) is 0 Å². The molecule has 24 heavy (non-hydrogen) atoms.